The predicted octanol–water partition coefficient (Wildman–Crippen LogP) is 4.27. The lowest BCUT2D eigenvalue weighted by Crippen LogP contribution is -2.16. The van der Waals surface area contributed by atoms with Crippen LogP contribution >= 0.6 is 0 Å². The molecule has 6 nitrogen and oxygen atoms in total. The molecule has 1 amide bonds. The molecular formula is C23H21N3O3S. The van der Waals surface area contributed by atoms with Crippen LogP contribution in [-0.4, -0.2) is 30.0 Å². The second-order valence-electron chi connectivity index (χ2n) is 7.26. The summed E-state index contributed by atoms with van der Waals surface area (Å²) in [6, 6.07) is 18.0. The number of imidazole rings is 1. The maximum absolute atomic E-state index is 13.2. The lowest BCUT2D eigenvalue weighted by Gasteiger charge is -2.11. The Hall–Kier alpha value is -3.45. The lowest BCUT2D eigenvalue weighted by atomic mass is 10.1. The fourth-order valence-electron chi connectivity index (χ4n) is 3.37. The summed E-state index contributed by atoms with van der Waals surface area (Å²) in [6.45, 7) is 3.74. The molecule has 4 rings (SSSR count). The van der Waals surface area contributed by atoms with Crippen molar-refractivity contribution in [2.75, 3.05) is 11.6 Å². The van der Waals surface area contributed by atoms with Crippen molar-refractivity contribution in [2.24, 2.45) is 0 Å². The minimum atomic E-state index is -3.43. The Labute approximate surface area is 175 Å². The van der Waals surface area contributed by atoms with E-state index in [1.54, 1.807) is 13.0 Å². The molecule has 0 aliphatic heterocycles. The molecule has 7 heteroatoms. The van der Waals surface area contributed by atoms with Crippen molar-refractivity contribution in [2.45, 2.75) is 18.7 Å². The van der Waals surface area contributed by atoms with Gasteiger partial charge in [0.15, 0.2) is 9.84 Å². The second-order valence-corrected chi connectivity index (χ2v) is 9.28. The normalized spacial score (nSPS) is 11.6. The van der Waals surface area contributed by atoms with Gasteiger partial charge in [-0.3, -0.25) is 9.20 Å². The van der Waals surface area contributed by atoms with E-state index in [2.05, 4.69) is 5.32 Å². The number of hydrogen-bond acceptors (Lipinski definition) is 4. The van der Waals surface area contributed by atoms with Crippen LogP contribution in [0.3, 0.4) is 0 Å². The summed E-state index contributed by atoms with van der Waals surface area (Å²) in [5, 5.41) is 2.96. The quantitative estimate of drug-likeness (QED) is 0.536. The molecule has 30 heavy (non-hydrogen) atoms. The third-order valence-corrected chi connectivity index (χ3v) is 6.12. The van der Waals surface area contributed by atoms with E-state index in [1.165, 1.54) is 12.1 Å². The zero-order valence-electron chi connectivity index (χ0n) is 16.9. The summed E-state index contributed by atoms with van der Waals surface area (Å²) >= 11 is 0. The molecule has 0 saturated heterocycles. The fourth-order valence-corrected chi connectivity index (χ4v) is 4.02. The van der Waals surface area contributed by atoms with Crippen LogP contribution in [0.1, 0.15) is 21.5 Å². The average Bonchev–Trinajstić information content (AvgIpc) is 3.08. The number of aryl methyl sites for hydroxylation is 2. The standard InChI is InChI=1S/C23H21N3O3S/c1-15-11-12-18(30(3,28)29)14-19(15)23(27)25-22-20(17-9-5-4-6-10-17)24-21-16(2)8-7-13-26(21)22/h4-14H,1-3H3,(H,25,27). The SMILES string of the molecule is Cc1ccc(S(C)(=O)=O)cc1C(=O)Nc1c(-c2ccccc2)nc2c(C)cccn12. The number of amides is 1. The summed E-state index contributed by atoms with van der Waals surface area (Å²) < 4.78 is 25.7. The van der Waals surface area contributed by atoms with E-state index >= 15 is 0 Å². The number of rotatable bonds is 4. The first-order valence-corrected chi connectivity index (χ1v) is 11.3. The van der Waals surface area contributed by atoms with Gasteiger partial charge < -0.3 is 5.32 Å². The zero-order valence-corrected chi connectivity index (χ0v) is 17.7. The predicted molar refractivity (Wildman–Crippen MR) is 118 cm³/mol. The van der Waals surface area contributed by atoms with Crippen LogP contribution in [-0.2, 0) is 9.84 Å². The number of carbonyl (C=O) groups excluding carboxylic acids is 1. The Balaban J connectivity index is 1.85. The van der Waals surface area contributed by atoms with E-state index < -0.39 is 15.7 Å². The Bertz CT molecular complexity index is 1370. The molecule has 0 aliphatic rings. The number of fused-ring (bicyclic) bond motifs is 1. The van der Waals surface area contributed by atoms with Crippen LogP contribution in [0.15, 0.2) is 71.8 Å². The monoisotopic (exact) mass is 419 g/mol. The number of hydrogen-bond donors (Lipinski definition) is 1. The first-order valence-electron chi connectivity index (χ1n) is 9.41. The topological polar surface area (TPSA) is 80.5 Å². The Morgan fingerprint density at radius 2 is 1.70 bits per heavy atom. The second kappa shape index (κ2) is 7.42. The van der Waals surface area contributed by atoms with E-state index in [1.807, 2.05) is 60.0 Å². The number of aromatic nitrogens is 2. The highest BCUT2D eigenvalue weighted by Crippen LogP contribution is 2.30. The van der Waals surface area contributed by atoms with Crippen LogP contribution in [0.5, 0.6) is 0 Å². The Morgan fingerprint density at radius 3 is 2.40 bits per heavy atom. The summed E-state index contributed by atoms with van der Waals surface area (Å²) in [4.78, 5) is 18.0. The molecule has 0 fully saturated rings. The highest BCUT2D eigenvalue weighted by molar-refractivity contribution is 7.90. The number of sulfone groups is 1. The van der Waals surface area contributed by atoms with Crippen molar-refractivity contribution < 1.29 is 13.2 Å². The largest absolute Gasteiger partial charge is 0.306 e. The summed E-state index contributed by atoms with van der Waals surface area (Å²) in [7, 11) is -3.43. The van der Waals surface area contributed by atoms with E-state index in [0.29, 0.717) is 22.6 Å². The highest BCUT2D eigenvalue weighted by Gasteiger charge is 2.20. The van der Waals surface area contributed by atoms with Gasteiger partial charge in [0.2, 0.25) is 0 Å². The molecule has 152 valence electrons. The van der Waals surface area contributed by atoms with Crippen molar-refractivity contribution >= 4 is 27.2 Å². The van der Waals surface area contributed by atoms with Crippen molar-refractivity contribution in [3.63, 3.8) is 0 Å². The molecule has 0 spiro atoms. The van der Waals surface area contributed by atoms with Crippen LogP contribution in [0.25, 0.3) is 16.9 Å². The number of nitrogens with one attached hydrogen (secondary N) is 1. The molecule has 0 saturated carbocycles. The summed E-state index contributed by atoms with van der Waals surface area (Å²) in [6.07, 6.45) is 2.97. The molecule has 2 aromatic carbocycles. The van der Waals surface area contributed by atoms with Crippen molar-refractivity contribution in [3.05, 3.63) is 83.6 Å². The number of carbonyl (C=O) groups is 1. The van der Waals surface area contributed by atoms with Crippen LogP contribution < -0.4 is 5.32 Å². The molecule has 0 radical (unpaired) electrons. The number of pyridine rings is 1. The van der Waals surface area contributed by atoms with E-state index in [4.69, 9.17) is 4.98 Å². The number of benzene rings is 2. The third-order valence-electron chi connectivity index (χ3n) is 5.01. The minimum Gasteiger partial charge on any atom is -0.306 e. The van der Waals surface area contributed by atoms with Crippen molar-refractivity contribution in [1.82, 2.24) is 9.38 Å². The molecule has 1 N–H and O–H groups in total. The van der Waals surface area contributed by atoms with Gasteiger partial charge in [0, 0.05) is 23.6 Å². The molecule has 4 aromatic rings. The van der Waals surface area contributed by atoms with Crippen molar-refractivity contribution in [3.8, 4) is 11.3 Å². The molecule has 0 bridgehead atoms. The number of anilines is 1. The van der Waals surface area contributed by atoms with Gasteiger partial charge >= 0.3 is 0 Å². The molecular weight excluding hydrogens is 398 g/mol. The first-order chi connectivity index (χ1) is 14.3. The first kappa shape index (κ1) is 19.8. The van der Waals surface area contributed by atoms with E-state index in [0.717, 1.165) is 23.0 Å². The van der Waals surface area contributed by atoms with Gasteiger partial charge in [-0.2, -0.15) is 0 Å². The van der Waals surface area contributed by atoms with Crippen LogP contribution in [0.4, 0.5) is 5.82 Å². The van der Waals surface area contributed by atoms with Gasteiger partial charge in [0.1, 0.15) is 17.2 Å². The number of nitrogens with zero attached hydrogens (tertiary/aromatic N) is 2. The van der Waals surface area contributed by atoms with Gasteiger partial charge in [-0.1, -0.05) is 42.5 Å². The zero-order chi connectivity index (χ0) is 21.5. The molecule has 0 atom stereocenters. The van der Waals surface area contributed by atoms with Gasteiger partial charge in [-0.25, -0.2) is 13.4 Å². The smallest absolute Gasteiger partial charge is 0.257 e. The fraction of sp³-hybridized carbons (Fsp3) is 0.130. The average molecular weight is 420 g/mol. The molecule has 2 heterocycles. The summed E-state index contributed by atoms with van der Waals surface area (Å²) in [5.41, 5.74) is 4.23. The highest BCUT2D eigenvalue weighted by atomic mass is 32.2. The summed E-state index contributed by atoms with van der Waals surface area (Å²) in [5.74, 6) is 0.146. The Morgan fingerprint density at radius 1 is 0.967 bits per heavy atom. The molecule has 0 aliphatic carbocycles. The lowest BCUT2D eigenvalue weighted by molar-refractivity contribution is 0.102. The van der Waals surface area contributed by atoms with E-state index in [-0.39, 0.29) is 4.90 Å². The van der Waals surface area contributed by atoms with Gasteiger partial charge in [-0.05, 0) is 43.2 Å². The minimum absolute atomic E-state index is 0.107. The maximum atomic E-state index is 13.2. The Kier molecular flexibility index (Phi) is 4.91. The van der Waals surface area contributed by atoms with Gasteiger partial charge in [0.25, 0.3) is 5.91 Å². The van der Waals surface area contributed by atoms with Crippen LogP contribution in [0.2, 0.25) is 0 Å². The molecule has 2 aromatic heterocycles. The third kappa shape index (κ3) is 3.59. The maximum Gasteiger partial charge on any atom is 0.257 e. The van der Waals surface area contributed by atoms with Gasteiger partial charge in [0.05, 0.1) is 4.90 Å². The van der Waals surface area contributed by atoms with Crippen LogP contribution in [0, 0.1) is 13.8 Å². The van der Waals surface area contributed by atoms with E-state index in [9.17, 15) is 13.2 Å². The molecule has 0 unspecified atom stereocenters. The van der Waals surface area contributed by atoms with Crippen molar-refractivity contribution in [1.29, 1.82) is 0 Å². The van der Waals surface area contributed by atoms with Gasteiger partial charge in [-0.15, -0.1) is 0 Å².